The largest absolute Gasteiger partial charge is 0.466 e. The van der Waals surface area contributed by atoms with Gasteiger partial charge in [-0.25, -0.2) is 4.79 Å². The molecular formula is C31H31NO5. The van der Waals surface area contributed by atoms with E-state index >= 15 is 0 Å². The van der Waals surface area contributed by atoms with Crippen LogP contribution in [0.25, 0.3) is 17.2 Å². The third-order valence-corrected chi connectivity index (χ3v) is 7.02. The number of rotatable bonds is 7. The van der Waals surface area contributed by atoms with Gasteiger partial charge in [-0.15, -0.1) is 0 Å². The van der Waals surface area contributed by atoms with Gasteiger partial charge in [0.25, 0.3) is 0 Å². The highest BCUT2D eigenvalue weighted by atomic mass is 16.7. The number of hydrogen-bond donors (Lipinski definition) is 0. The van der Waals surface area contributed by atoms with Crippen molar-refractivity contribution in [3.8, 4) is 22.6 Å². The summed E-state index contributed by atoms with van der Waals surface area (Å²) in [7, 11) is 1.35. The van der Waals surface area contributed by atoms with Crippen molar-refractivity contribution in [1.82, 2.24) is 0 Å². The van der Waals surface area contributed by atoms with Crippen molar-refractivity contribution in [1.29, 1.82) is 0 Å². The van der Waals surface area contributed by atoms with E-state index in [1.165, 1.54) is 19.6 Å². The summed E-state index contributed by atoms with van der Waals surface area (Å²) >= 11 is 0. The Balaban J connectivity index is 1.39. The minimum absolute atomic E-state index is 0.0379. The Labute approximate surface area is 217 Å². The molecule has 6 nitrogen and oxygen atoms in total. The molecule has 6 heteroatoms. The van der Waals surface area contributed by atoms with E-state index < -0.39 is 5.97 Å². The molecule has 3 aromatic rings. The lowest BCUT2D eigenvalue weighted by atomic mass is 9.88. The summed E-state index contributed by atoms with van der Waals surface area (Å²) in [6.45, 7) is 0.725. The molecule has 190 valence electrons. The number of esters is 1. The second kappa shape index (κ2) is 11.3. The van der Waals surface area contributed by atoms with Gasteiger partial charge in [0, 0.05) is 17.7 Å². The predicted octanol–water partition coefficient (Wildman–Crippen LogP) is 6.38. The van der Waals surface area contributed by atoms with Crippen LogP contribution in [-0.2, 0) is 20.9 Å². The lowest BCUT2D eigenvalue weighted by Crippen LogP contribution is -2.36. The van der Waals surface area contributed by atoms with E-state index in [1.54, 1.807) is 6.08 Å². The van der Waals surface area contributed by atoms with Crippen molar-refractivity contribution in [2.45, 2.75) is 38.6 Å². The molecule has 0 bridgehead atoms. The van der Waals surface area contributed by atoms with E-state index in [0.29, 0.717) is 6.54 Å². The molecule has 5 rings (SSSR count). The Hall–Kier alpha value is -4.06. The van der Waals surface area contributed by atoms with E-state index in [9.17, 15) is 9.59 Å². The number of nitrogens with zero attached hydrogens (tertiary/aromatic N) is 1. The standard InChI is InChI=1S/C31H31NO5/c1-35-30(33)17-12-22-6-5-9-27(18-22)32(31(34)25-7-3-2-4-8-25)20-23-10-13-24(14-11-23)26-15-16-28-29(19-26)37-21-36-28/h5-6,9-19,25H,2-4,7-8,20-21H2,1H3/b17-12-. The number of benzene rings is 3. The monoisotopic (exact) mass is 497 g/mol. The maximum absolute atomic E-state index is 13.7. The maximum Gasteiger partial charge on any atom is 0.330 e. The van der Waals surface area contributed by atoms with Gasteiger partial charge in [-0.2, -0.15) is 0 Å². The normalized spacial score (nSPS) is 15.1. The summed E-state index contributed by atoms with van der Waals surface area (Å²) in [5, 5.41) is 0. The first-order valence-electron chi connectivity index (χ1n) is 12.8. The van der Waals surface area contributed by atoms with Crippen LogP contribution in [0.15, 0.2) is 72.8 Å². The number of carbonyl (C=O) groups is 2. The van der Waals surface area contributed by atoms with Gasteiger partial charge >= 0.3 is 5.97 Å². The summed E-state index contributed by atoms with van der Waals surface area (Å²) in [6.07, 6.45) is 8.34. The Morgan fingerprint density at radius 3 is 2.46 bits per heavy atom. The van der Waals surface area contributed by atoms with Crippen molar-refractivity contribution >= 4 is 23.6 Å². The summed E-state index contributed by atoms with van der Waals surface area (Å²) in [5.74, 6) is 1.31. The number of carbonyl (C=O) groups excluding carboxylic acids is 2. The van der Waals surface area contributed by atoms with E-state index in [0.717, 1.165) is 65.1 Å². The fraction of sp³-hybridized carbons (Fsp3) is 0.290. The second-order valence-electron chi connectivity index (χ2n) is 9.48. The Morgan fingerprint density at radius 2 is 1.68 bits per heavy atom. The molecule has 1 aliphatic heterocycles. The topological polar surface area (TPSA) is 65.1 Å². The molecule has 3 aromatic carbocycles. The van der Waals surface area contributed by atoms with Crippen molar-refractivity contribution in [3.63, 3.8) is 0 Å². The quantitative estimate of drug-likeness (QED) is 0.280. The zero-order valence-electron chi connectivity index (χ0n) is 21.0. The lowest BCUT2D eigenvalue weighted by molar-refractivity contribution is -0.134. The van der Waals surface area contributed by atoms with E-state index in [4.69, 9.17) is 14.2 Å². The van der Waals surface area contributed by atoms with Crippen molar-refractivity contribution in [2.75, 3.05) is 18.8 Å². The summed E-state index contributed by atoms with van der Waals surface area (Å²) in [5.41, 5.74) is 4.83. The van der Waals surface area contributed by atoms with Crippen LogP contribution < -0.4 is 14.4 Å². The molecule has 1 fully saturated rings. The van der Waals surface area contributed by atoms with E-state index in [-0.39, 0.29) is 18.6 Å². The zero-order valence-corrected chi connectivity index (χ0v) is 21.0. The summed E-state index contributed by atoms with van der Waals surface area (Å²) in [4.78, 5) is 27.2. The Morgan fingerprint density at radius 1 is 0.919 bits per heavy atom. The molecule has 0 atom stereocenters. The SMILES string of the molecule is COC(=O)/C=C\c1cccc(N(Cc2ccc(-c3ccc4c(c3)OCO4)cc2)C(=O)C2CCCCC2)c1. The minimum Gasteiger partial charge on any atom is -0.466 e. The summed E-state index contributed by atoms with van der Waals surface area (Å²) in [6, 6.07) is 22.0. The molecule has 0 aromatic heterocycles. The van der Waals surface area contributed by atoms with E-state index in [1.807, 2.05) is 47.4 Å². The van der Waals surface area contributed by atoms with Gasteiger partial charge in [-0.1, -0.05) is 61.7 Å². The molecule has 0 unspecified atom stereocenters. The molecule has 1 saturated carbocycles. The van der Waals surface area contributed by atoms with Gasteiger partial charge in [0.1, 0.15) is 0 Å². The number of hydrogen-bond acceptors (Lipinski definition) is 5. The first-order valence-corrected chi connectivity index (χ1v) is 12.8. The fourth-order valence-corrected chi connectivity index (χ4v) is 4.96. The molecule has 0 saturated heterocycles. The second-order valence-corrected chi connectivity index (χ2v) is 9.48. The number of anilines is 1. The Kier molecular flexibility index (Phi) is 7.54. The minimum atomic E-state index is -0.414. The van der Waals surface area contributed by atoms with Crippen molar-refractivity contribution < 1.29 is 23.8 Å². The van der Waals surface area contributed by atoms with E-state index in [2.05, 4.69) is 24.3 Å². The van der Waals surface area contributed by atoms with Gasteiger partial charge < -0.3 is 19.1 Å². The van der Waals surface area contributed by atoms with Gasteiger partial charge in [0.2, 0.25) is 12.7 Å². The molecule has 1 amide bonds. The molecule has 0 radical (unpaired) electrons. The number of ether oxygens (including phenoxy) is 3. The van der Waals surface area contributed by atoms with Crippen LogP contribution in [0.5, 0.6) is 11.5 Å². The highest BCUT2D eigenvalue weighted by Crippen LogP contribution is 2.36. The number of methoxy groups -OCH3 is 1. The molecule has 1 aliphatic carbocycles. The fourth-order valence-electron chi connectivity index (χ4n) is 4.96. The summed E-state index contributed by atoms with van der Waals surface area (Å²) < 4.78 is 15.6. The van der Waals surface area contributed by atoms with Gasteiger partial charge in [-0.05, 0) is 65.4 Å². The maximum atomic E-state index is 13.7. The highest BCUT2D eigenvalue weighted by Gasteiger charge is 2.27. The van der Waals surface area contributed by atoms with Crippen molar-refractivity contribution in [2.24, 2.45) is 5.92 Å². The molecular weight excluding hydrogens is 466 g/mol. The molecule has 1 heterocycles. The van der Waals surface area contributed by atoms with Crippen LogP contribution in [0.4, 0.5) is 5.69 Å². The van der Waals surface area contributed by atoms with Crippen LogP contribution in [0.2, 0.25) is 0 Å². The zero-order chi connectivity index (χ0) is 25.6. The molecule has 2 aliphatic rings. The molecule has 0 N–H and O–H groups in total. The van der Waals surface area contributed by atoms with Crippen LogP contribution in [-0.4, -0.2) is 25.8 Å². The average molecular weight is 498 g/mol. The van der Waals surface area contributed by atoms with Gasteiger partial charge in [0.05, 0.1) is 13.7 Å². The lowest BCUT2D eigenvalue weighted by Gasteiger charge is -2.30. The van der Waals surface area contributed by atoms with Crippen LogP contribution in [0, 0.1) is 5.92 Å². The Bertz CT molecular complexity index is 1290. The first kappa shape index (κ1) is 24.6. The first-order chi connectivity index (χ1) is 18.1. The number of fused-ring (bicyclic) bond motifs is 1. The third kappa shape index (κ3) is 5.85. The van der Waals surface area contributed by atoms with Crippen LogP contribution >= 0.6 is 0 Å². The highest BCUT2D eigenvalue weighted by molar-refractivity contribution is 5.95. The smallest absolute Gasteiger partial charge is 0.330 e. The van der Waals surface area contributed by atoms with Crippen LogP contribution in [0.3, 0.4) is 0 Å². The van der Waals surface area contributed by atoms with Gasteiger partial charge in [0.15, 0.2) is 11.5 Å². The average Bonchev–Trinajstić information content (AvgIpc) is 3.43. The van der Waals surface area contributed by atoms with Crippen molar-refractivity contribution in [3.05, 3.63) is 83.9 Å². The third-order valence-electron chi connectivity index (χ3n) is 7.02. The molecule has 0 spiro atoms. The van der Waals surface area contributed by atoms with Crippen LogP contribution in [0.1, 0.15) is 43.2 Å². The molecule has 37 heavy (non-hydrogen) atoms. The van der Waals surface area contributed by atoms with Gasteiger partial charge in [-0.3, -0.25) is 4.79 Å². The predicted molar refractivity (Wildman–Crippen MR) is 143 cm³/mol. The number of amides is 1.